The second-order valence-electron chi connectivity index (χ2n) is 4.92. The highest BCUT2D eigenvalue weighted by Gasteiger charge is 2.34. The molecule has 0 aromatic carbocycles. The summed E-state index contributed by atoms with van der Waals surface area (Å²) in [5.41, 5.74) is 1.32. The van der Waals surface area contributed by atoms with Crippen molar-refractivity contribution in [2.75, 3.05) is 5.75 Å². The first kappa shape index (κ1) is 12.3. The van der Waals surface area contributed by atoms with Crippen molar-refractivity contribution in [1.82, 2.24) is 9.97 Å². The summed E-state index contributed by atoms with van der Waals surface area (Å²) >= 11 is 2.22. The lowest BCUT2D eigenvalue weighted by Crippen LogP contribution is -2.24. The highest BCUT2D eigenvalue weighted by Crippen LogP contribution is 2.44. The molecule has 0 radical (unpaired) electrons. The van der Waals surface area contributed by atoms with E-state index in [-0.39, 0.29) is 12.4 Å². The fraction of sp³-hybridized carbons (Fsp3) is 0.750. The van der Waals surface area contributed by atoms with Gasteiger partial charge in [-0.05, 0) is 49.7 Å². The molecule has 2 aliphatic rings. The minimum Gasteiger partial charge on any atom is -0.348 e. The minimum absolute atomic E-state index is 0. The lowest BCUT2D eigenvalue weighted by atomic mass is 9.78. The van der Waals surface area contributed by atoms with E-state index in [0.717, 1.165) is 17.1 Å². The van der Waals surface area contributed by atoms with Gasteiger partial charge in [0.2, 0.25) is 0 Å². The second-order valence-corrected chi connectivity index (χ2v) is 6.27. The molecule has 1 saturated heterocycles. The molecule has 2 nitrogen and oxygen atoms in total. The number of halogens is 1. The van der Waals surface area contributed by atoms with Crippen LogP contribution in [0.1, 0.15) is 31.4 Å². The SMILES string of the molecule is Cl.c1ncc(CC2CCC3SCCC3C2)[nH]1. The topological polar surface area (TPSA) is 28.7 Å². The quantitative estimate of drug-likeness (QED) is 0.882. The van der Waals surface area contributed by atoms with Crippen molar-refractivity contribution in [3.05, 3.63) is 18.2 Å². The Balaban J connectivity index is 0.000000963. The molecule has 0 amide bonds. The molecule has 1 aromatic heterocycles. The van der Waals surface area contributed by atoms with Crippen LogP contribution in [0.15, 0.2) is 12.5 Å². The highest BCUT2D eigenvalue weighted by molar-refractivity contribution is 8.00. The van der Waals surface area contributed by atoms with Gasteiger partial charge in [-0.15, -0.1) is 12.4 Å². The molecular weight excluding hydrogens is 240 g/mol. The van der Waals surface area contributed by atoms with Crippen LogP contribution in [0, 0.1) is 11.8 Å². The van der Waals surface area contributed by atoms with Crippen LogP contribution >= 0.6 is 24.2 Å². The zero-order valence-corrected chi connectivity index (χ0v) is 11.0. The minimum atomic E-state index is 0. The fourth-order valence-electron chi connectivity index (χ4n) is 3.12. The van der Waals surface area contributed by atoms with Gasteiger partial charge in [-0.2, -0.15) is 11.8 Å². The molecule has 3 rings (SSSR count). The zero-order valence-electron chi connectivity index (χ0n) is 9.39. The van der Waals surface area contributed by atoms with Gasteiger partial charge in [0.05, 0.1) is 6.33 Å². The average molecular weight is 259 g/mol. The number of fused-ring (bicyclic) bond motifs is 1. The maximum Gasteiger partial charge on any atom is 0.0921 e. The Morgan fingerprint density at radius 2 is 2.31 bits per heavy atom. The third-order valence-corrected chi connectivity index (χ3v) is 5.43. The van der Waals surface area contributed by atoms with Gasteiger partial charge < -0.3 is 4.98 Å². The van der Waals surface area contributed by atoms with Gasteiger partial charge in [0.15, 0.2) is 0 Å². The van der Waals surface area contributed by atoms with E-state index in [9.17, 15) is 0 Å². The van der Waals surface area contributed by atoms with Crippen LogP contribution in [-0.2, 0) is 6.42 Å². The molecule has 1 N–H and O–H groups in total. The number of imidazole rings is 1. The Morgan fingerprint density at radius 1 is 1.38 bits per heavy atom. The summed E-state index contributed by atoms with van der Waals surface area (Å²) < 4.78 is 0. The van der Waals surface area contributed by atoms with Crippen molar-refractivity contribution >= 4 is 24.2 Å². The summed E-state index contributed by atoms with van der Waals surface area (Å²) in [6.45, 7) is 0. The number of nitrogens with zero attached hydrogens (tertiary/aromatic N) is 1. The summed E-state index contributed by atoms with van der Waals surface area (Å²) in [6.07, 6.45) is 10.8. The maximum absolute atomic E-state index is 4.09. The number of aromatic nitrogens is 2. The lowest BCUT2D eigenvalue weighted by molar-refractivity contribution is 0.277. The van der Waals surface area contributed by atoms with E-state index in [1.807, 2.05) is 6.20 Å². The molecule has 1 aliphatic heterocycles. The van der Waals surface area contributed by atoms with Gasteiger partial charge in [-0.1, -0.05) is 0 Å². The highest BCUT2D eigenvalue weighted by atomic mass is 35.5. The van der Waals surface area contributed by atoms with Gasteiger partial charge in [0.1, 0.15) is 0 Å². The number of rotatable bonds is 2. The largest absolute Gasteiger partial charge is 0.348 e. The Hall–Kier alpha value is -0.150. The van der Waals surface area contributed by atoms with Gasteiger partial charge >= 0.3 is 0 Å². The van der Waals surface area contributed by atoms with Crippen molar-refractivity contribution < 1.29 is 0 Å². The first-order valence-corrected chi connectivity index (χ1v) is 7.05. The summed E-state index contributed by atoms with van der Waals surface area (Å²) in [6, 6.07) is 0. The first-order chi connectivity index (χ1) is 7.42. The van der Waals surface area contributed by atoms with Crippen molar-refractivity contribution in [3.63, 3.8) is 0 Å². The maximum atomic E-state index is 4.09. The smallest absolute Gasteiger partial charge is 0.0921 e. The second kappa shape index (κ2) is 5.46. The van der Waals surface area contributed by atoms with Crippen molar-refractivity contribution in [3.8, 4) is 0 Å². The predicted molar refractivity (Wildman–Crippen MR) is 71.2 cm³/mol. The van der Waals surface area contributed by atoms with Crippen LogP contribution in [0.25, 0.3) is 0 Å². The zero-order chi connectivity index (χ0) is 10.1. The van der Waals surface area contributed by atoms with E-state index in [0.29, 0.717) is 0 Å². The summed E-state index contributed by atoms with van der Waals surface area (Å²) in [4.78, 5) is 7.32. The molecule has 1 aliphatic carbocycles. The summed E-state index contributed by atoms with van der Waals surface area (Å²) in [7, 11) is 0. The van der Waals surface area contributed by atoms with Gasteiger partial charge in [0.25, 0.3) is 0 Å². The van der Waals surface area contributed by atoms with Gasteiger partial charge in [-0.25, -0.2) is 4.98 Å². The van der Waals surface area contributed by atoms with Crippen LogP contribution in [0.3, 0.4) is 0 Å². The molecule has 16 heavy (non-hydrogen) atoms. The molecule has 1 saturated carbocycles. The van der Waals surface area contributed by atoms with E-state index in [2.05, 4.69) is 21.7 Å². The molecule has 3 atom stereocenters. The molecule has 4 heteroatoms. The van der Waals surface area contributed by atoms with E-state index < -0.39 is 0 Å². The molecule has 3 unspecified atom stereocenters. The third-order valence-electron chi connectivity index (χ3n) is 3.91. The number of nitrogens with one attached hydrogen (secondary N) is 1. The van der Waals surface area contributed by atoms with E-state index >= 15 is 0 Å². The van der Waals surface area contributed by atoms with Crippen molar-refractivity contribution in [2.24, 2.45) is 11.8 Å². The van der Waals surface area contributed by atoms with Gasteiger partial charge in [0, 0.05) is 17.1 Å². The number of aromatic amines is 1. The molecule has 1 aromatic rings. The van der Waals surface area contributed by atoms with Crippen LogP contribution in [-0.4, -0.2) is 21.0 Å². The van der Waals surface area contributed by atoms with Crippen LogP contribution in [0.4, 0.5) is 0 Å². The fourth-order valence-corrected chi connectivity index (χ4v) is 4.68. The summed E-state index contributed by atoms with van der Waals surface area (Å²) in [5.74, 6) is 3.34. The average Bonchev–Trinajstić information content (AvgIpc) is 2.87. The molecule has 2 fully saturated rings. The monoisotopic (exact) mass is 258 g/mol. The molecule has 0 spiro atoms. The Morgan fingerprint density at radius 3 is 3.12 bits per heavy atom. The Bertz CT molecular complexity index is 315. The predicted octanol–water partition coefficient (Wildman–Crippen LogP) is 3.30. The van der Waals surface area contributed by atoms with Crippen LogP contribution < -0.4 is 0 Å². The summed E-state index contributed by atoms with van der Waals surface area (Å²) in [5, 5.41) is 1.00. The number of hydrogen-bond donors (Lipinski definition) is 1. The van der Waals surface area contributed by atoms with E-state index in [1.165, 1.54) is 43.6 Å². The molecule has 0 bridgehead atoms. The normalized spacial score (nSPS) is 33.1. The van der Waals surface area contributed by atoms with Crippen molar-refractivity contribution in [1.29, 1.82) is 0 Å². The third kappa shape index (κ3) is 2.57. The number of H-pyrrole nitrogens is 1. The van der Waals surface area contributed by atoms with Crippen LogP contribution in [0.2, 0.25) is 0 Å². The number of hydrogen-bond acceptors (Lipinski definition) is 2. The molecular formula is C12H19ClN2S. The molecule has 90 valence electrons. The van der Waals surface area contributed by atoms with E-state index in [4.69, 9.17) is 0 Å². The Labute approximate surface area is 107 Å². The van der Waals surface area contributed by atoms with E-state index in [1.54, 1.807) is 6.33 Å². The number of thioether (sulfide) groups is 1. The Kier molecular flexibility index (Phi) is 4.20. The van der Waals surface area contributed by atoms with Gasteiger partial charge in [-0.3, -0.25) is 0 Å². The van der Waals surface area contributed by atoms with Crippen molar-refractivity contribution in [2.45, 2.75) is 37.4 Å². The standard InChI is InChI=1S/C12H18N2S.ClH/c1-2-12-10(3-4-15-12)5-9(1)6-11-7-13-8-14-11;/h7-10,12H,1-6H2,(H,13,14);1H. The van der Waals surface area contributed by atoms with Crippen LogP contribution in [0.5, 0.6) is 0 Å². The lowest BCUT2D eigenvalue weighted by Gasteiger charge is -2.30. The molecule has 2 heterocycles. The first-order valence-electron chi connectivity index (χ1n) is 6.00.